The van der Waals surface area contributed by atoms with Crippen LogP contribution in [0.4, 0.5) is 0 Å². The van der Waals surface area contributed by atoms with E-state index in [-0.39, 0.29) is 12.5 Å². The molecule has 160 valence electrons. The average molecular weight is 419 g/mol. The number of hydrogen-bond acceptors (Lipinski definition) is 5. The topological polar surface area (TPSA) is 73.7 Å². The van der Waals surface area contributed by atoms with Gasteiger partial charge in [0.1, 0.15) is 17.0 Å². The molecule has 1 aromatic heterocycles. The molecular formula is C24H25N3O4. The van der Waals surface area contributed by atoms with Crippen molar-refractivity contribution in [2.75, 3.05) is 26.8 Å². The summed E-state index contributed by atoms with van der Waals surface area (Å²) in [7, 11) is 1.59. The number of aromatic nitrogens is 2. The quantitative estimate of drug-likeness (QED) is 0.571. The molecule has 31 heavy (non-hydrogen) atoms. The molecule has 0 aliphatic carbocycles. The fraction of sp³-hybridized carbons (Fsp3) is 0.292. The molecule has 2 aromatic carbocycles. The van der Waals surface area contributed by atoms with Crippen molar-refractivity contribution in [2.24, 2.45) is 0 Å². The van der Waals surface area contributed by atoms with Crippen molar-refractivity contribution < 1.29 is 19.1 Å². The molecule has 1 fully saturated rings. The van der Waals surface area contributed by atoms with Gasteiger partial charge in [-0.2, -0.15) is 5.10 Å². The molecule has 0 atom stereocenters. The molecule has 7 heteroatoms. The second-order valence-corrected chi connectivity index (χ2v) is 7.57. The zero-order valence-corrected chi connectivity index (χ0v) is 17.7. The Morgan fingerprint density at radius 1 is 1.06 bits per heavy atom. The number of amides is 1. The Morgan fingerprint density at radius 3 is 2.52 bits per heavy atom. The maximum atomic E-state index is 12.9. The van der Waals surface area contributed by atoms with Crippen LogP contribution in [0.25, 0.3) is 16.9 Å². The van der Waals surface area contributed by atoms with Gasteiger partial charge in [-0.15, -0.1) is 0 Å². The summed E-state index contributed by atoms with van der Waals surface area (Å²) >= 11 is 0. The molecular weight excluding hydrogens is 394 g/mol. The summed E-state index contributed by atoms with van der Waals surface area (Å²) in [4.78, 5) is 27.0. The first-order valence-corrected chi connectivity index (χ1v) is 10.3. The van der Waals surface area contributed by atoms with Crippen molar-refractivity contribution in [2.45, 2.75) is 19.8 Å². The molecule has 1 saturated heterocycles. The van der Waals surface area contributed by atoms with Crippen molar-refractivity contribution >= 4 is 11.9 Å². The highest BCUT2D eigenvalue weighted by atomic mass is 16.5. The number of carbonyl (C=O) groups excluding carboxylic acids is 2. The maximum Gasteiger partial charge on any atom is 0.342 e. The van der Waals surface area contributed by atoms with E-state index in [1.165, 1.54) is 0 Å². The Hall–Kier alpha value is -3.61. The normalized spacial score (nSPS) is 13.3. The molecule has 7 nitrogen and oxygen atoms in total. The maximum absolute atomic E-state index is 12.9. The first-order chi connectivity index (χ1) is 15.0. The first-order valence-electron chi connectivity index (χ1n) is 10.3. The smallest absolute Gasteiger partial charge is 0.342 e. The van der Waals surface area contributed by atoms with Crippen LogP contribution >= 0.6 is 0 Å². The largest absolute Gasteiger partial charge is 0.497 e. The molecule has 0 N–H and O–H groups in total. The Kier molecular flexibility index (Phi) is 6.02. The van der Waals surface area contributed by atoms with Gasteiger partial charge in [0.05, 0.1) is 12.8 Å². The summed E-state index contributed by atoms with van der Waals surface area (Å²) in [5.74, 6) is -0.0886. The minimum atomic E-state index is -0.580. The number of benzene rings is 2. The molecule has 0 spiro atoms. The van der Waals surface area contributed by atoms with Gasteiger partial charge in [-0.3, -0.25) is 4.79 Å². The third-order valence-corrected chi connectivity index (χ3v) is 5.36. The average Bonchev–Trinajstić information content (AvgIpc) is 3.48. The van der Waals surface area contributed by atoms with Gasteiger partial charge in [-0.05, 0) is 44.0 Å². The van der Waals surface area contributed by atoms with Crippen LogP contribution in [0.2, 0.25) is 0 Å². The van der Waals surface area contributed by atoms with Crippen molar-refractivity contribution in [3.05, 3.63) is 65.9 Å². The predicted octanol–water partition coefficient (Wildman–Crippen LogP) is 3.64. The lowest BCUT2D eigenvalue weighted by Crippen LogP contribution is -2.32. The van der Waals surface area contributed by atoms with E-state index in [0.717, 1.165) is 42.7 Å². The number of ether oxygens (including phenoxy) is 2. The van der Waals surface area contributed by atoms with Crippen LogP contribution in [0, 0.1) is 6.92 Å². The van der Waals surface area contributed by atoms with E-state index in [0.29, 0.717) is 17.0 Å². The van der Waals surface area contributed by atoms with E-state index >= 15 is 0 Å². The zero-order chi connectivity index (χ0) is 21.8. The summed E-state index contributed by atoms with van der Waals surface area (Å²) in [6.07, 6.45) is 3.62. The second kappa shape index (κ2) is 9.04. The summed E-state index contributed by atoms with van der Waals surface area (Å²) in [5, 5.41) is 4.65. The molecule has 2 heterocycles. The molecule has 1 aliphatic rings. The molecule has 0 radical (unpaired) electrons. The monoisotopic (exact) mass is 419 g/mol. The van der Waals surface area contributed by atoms with Gasteiger partial charge < -0.3 is 14.4 Å². The molecule has 0 bridgehead atoms. The fourth-order valence-corrected chi connectivity index (χ4v) is 3.60. The van der Waals surface area contributed by atoms with E-state index in [1.807, 2.05) is 55.5 Å². The minimum Gasteiger partial charge on any atom is -0.497 e. The zero-order valence-electron chi connectivity index (χ0n) is 17.7. The predicted molar refractivity (Wildman–Crippen MR) is 116 cm³/mol. The van der Waals surface area contributed by atoms with Gasteiger partial charge in [0, 0.05) is 24.8 Å². The first kappa shape index (κ1) is 20.7. The fourth-order valence-electron chi connectivity index (χ4n) is 3.60. The van der Waals surface area contributed by atoms with Crippen molar-refractivity contribution in [3.63, 3.8) is 0 Å². The number of methoxy groups -OCH3 is 1. The number of hydrogen-bond donors (Lipinski definition) is 0. The lowest BCUT2D eigenvalue weighted by Gasteiger charge is -2.14. The number of aryl methyl sites for hydroxylation is 1. The summed E-state index contributed by atoms with van der Waals surface area (Å²) in [6, 6.07) is 15.2. The highest BCUT2D eigenvalue weighted by molar-refractivity contribution is 5.97. The molecule has 1 amide bonds. The number of rotatable bonds is 6. The third kappa shape index (κ3) is 4.60. The van der Waals surface area contributed by atoms with Crippen LogP contribution in [0.15, 0.2) is 54.7 Å². The van der Waals surface area contributed by atoms with Gasteiger partial charge in [0.2, 0.25) is 0 Å². The molecule has 4 rings (SSSR count). The van der Waals surface area contributed by atoms with Crippen LogP contribution in [0.5, 0.6) is 5.75 Å². The number of carbonyl (C=O) groups is 2. The van der Waals surface area contributed by atoms with E-state index in [2.05, 4.69) is 5.10 Å². The SMILES string of the molecule is COc1cccc(-c2nn(-c3ccc(C)cc3)cc2C(=O)OCC(=O)N2CCCC2)c1. The number of esters is 1. The van der Waals surface area contributed by atoms with Gasteiger partial charge in [0.15, 0.2) is 6.61 Å². The van der Waals surface area contributed by atoms with Crippen LogP contribution < -0.4 is 4.74 Å². The summed E-state index contributed by atoms with van der Waals surface area (Å²) < 4.78 is 12.3. The van der Waals surface area contributed by atoms with Crippen molar-refractivity contribution in [1.82, 2.24) is 14.7 Å². The van der Waals surface area contributed by atoms with E-state index in [1.54, 1.807) is 22.9 Å². The Bertz CT molecular complexity index is 1080. The lowest BCUT2D eigenvalue weighted by atomic mass is 10.1. The second-order valence-electron chi connectivity index (χ2n) is 7.57. The number of nitrogens with zero attached hydrogens (tertiary/aromatic N) is 3. The van der Waals surface area contributed by atoms with Gasteiger partial charge in [-0.1, -0.05) is 29.8 Å². The van der Waals surface area contributed by atoms with Crippen LogP contribution in [0.1, 0.15) is 28.8 Å². The van der Waals surface area contributed by atoms with Crippen LogP contribution in [-0.2, 0) is 9.53 Å². The van der Waals surface area contributed by atoms with E-state index < -0.39 is 5.97 Å². The van der Waals surface area contributed by atoms with E-state index in [9.17, 15) is 9.59 Å². The Morgan fingerprint density at radius 2 is 1.81 bits per heavy atom. The molecule has 3 aromatic rings. The van der Waals surface area contributed by atoms with Gasteiger partial charge >= 0.3 is 5.97 Å². The molecule has 0 saturated carbocycles. The summed E-state index contributed by atoms with van der Waals surface area (Å²) in [5.41, 5.74) is 3.44. The Balaban J connectivity index is 1.64. The molecule has 1 aliphatic heterocycles. The van der Waals surface area contributed by atoms with Gasteiger partial charge in [-0.25, -0.2) is 9.48 Å². The van der Waals surface area contributed by atoms with Crippen molar-refractivity contribution in [1.29, 1.82) is 0 Å². The lowest BCUT2D eigenvalue weighted by molar-refractivity contribution is -0.133. The summed E-state index contributed by atoms with van der Waals surface area (Å²) in [6.45, 7) is 3.18. The Labute approximate surface area is 181 Å². The van der Waals surface area contributed by atoms with Crippen LogP contribution in [-0.4, -0.2) is 53.4 Å². The highest BCUT2D eigenvalue weighted by Gasteiger charge is 2.23. The highest BCUT2D eigenvalue weighted by Crippen LogP contribution is 2.27. The van der Waals surface area contributed by atoms with E-state index in [4.69, 9.17) is 9.47 Å². The number of likely N-dealkylation sites (tertiary alicyclic amines) is 1. The molecule has 0 unspecified atom stereocenters. The standard InChI is InChI=1S/C24H25N3O4/c1-17-8-10-19(11-9-17)27-15-21(23(25-27)18-6-5-7-20(14-18)30-2)24(29)31-16-22(28)26-12-3-4-13-26/h5-11,14-15H,3-4,12-13,16H2,1-2H3. The minimum absolute atomic E-state index is 0.167. The van der Waals surface area contributed by atoms with Crippen molar-refractivity contribution in [3.8, 4) is 22.7 Å². The van der Waals surface area contributed by atoms with Crippen LogP contribution in [0.3, 0.4) is 0 Å². The third-order valence-electron chi connectivity index (χ3n) is 5.36. The van der Waals surface area contributed by atoms with Gasteiger partial charge in [0.25, 0.3) is 5.91 Å².